The summed E-state index contributed by atoms with van der Waals surface area (Å²) >= 11 is 5.82. The first-order chi connectivity index (χ1) is 9.92. The average Bonchev–Trinajstić information content (AvgIpc) is 2.86. The lowest BCUT2D eigenvalue weighted by Crippen LogP contribution is -2.53. The Morgan fingerprint density at radius 1 is 1.43 bits per heavy atom. The minimum atomic E-state index is -1.13. The van der Waals surface area contributed by atoms with Gasteiger partial charge in [-0.1, -0.05) is 24.9 Å². The summed E-state index contributed by atoms with van der Waals surface area (Å²) in [6.45, 7) is 2.33. The molecule has 0 radical (unpaired) electrons. The van der Waals surface area contributed by atoms with E-state index in [1.165, 1.54) is 23.1 Å². The van der Waals surface area contributed by atoms with Crippen LogP contribution in [-0.2, 0) is 4.79 Å². The fourth-order valence-electron chi connectivity index (χ4n) is 2.97. The predicted molar refractivity (Wildman–Crippen MR) is 78.7 cm³/mol. The molecule has 2 rings (SSSR count). The Hall–Kier alpha value is -1.75. The van der Waals surface area contributed by atoms with E-state index in [0.29, 0.717) is 37.8 Å². The molecule has 6 heteroatoms. The Labute approximate surface area is 128 Å². The van der Waals surface area contributed by atoms with E-state index < -0.39 is 11.5 Å². The standard InChI is InChI=1S/C15H18ClNO4/c1-2-6-15(14(20)21)7-3-8-17(15)13(19)10-4-5-12(18)11(16)9-10/h4-5,9,18H,2-3,6-8H2,1H3,(H,20,21). The van der Waals surface area contributed by atoms with Crippen molar-refractivity contribution in [1.82, 2.24) is 4.90 Å². The highest BCUT2D eigenvalue weighted by Crippen LogP contribution is 2.36. The number of carboxylic acids is 1. The zero-order chi connectivity index (χ0) is 15.6. The topological polar surface area (TPSA) is 77.8 Å². The van der Waals surface area contributed by atoms with Crippen molar-refractivity contribution in [2.24, 2.45) is 0 Å². The molecule has 0 aliphatic carbocycles. The molecule has 0 spiro atoms. The molecule has 1 unspecified atom stereocenters. The van der Waals surface area contributed by atoms with Gasteiger partial charge >= 0.3 is 5.97 Å². The summed E-state index contributed by atoms with van der Waals surface area (Å²) in [6, 6.07) is 4.17. The van der Waals surface area contributed by atoms with Crippen LogP contribution >= 0.6 is 11.6 Å². The molecular weight excluding hydrogens is 294 g/mol. The highest BCUT2D eigenvalue weighted by Gasteiger charge is 2.49. The van der Waals surface area contributed by atoms with Crippen LogP contribution in [0, 0.1) is 0 Å². The number of nitrogens with zero attached hydrogens (tertiary/aromatic N) is 1. The summed E-state index contributed by atoms with van der Waals surface area (Å²) < 4.78 is 0. The van der Waals surface area contributed by atoms with Crippen molar-refractivity contribution < 1.29 is 19.8 Å². The largest absolute Gasteiger partial charge is 0.506 e. The number of phenolic OH excluding ortho intramolecular Hbond substituents is 1. The van der Waals surface area contributed by atoms with Crippen molar-refractivity contribution in [2.45, 2.75) is 38.1 Å². The van der Waals surface area contributed by atoms with E-state index in [-0.39, 0.29) is 16.7 Å². The molecule has 1 aliphatic heterocycles. The van der Waals surface area contributed by atoms with Gasteiger partial charge in [0.05, 0.1) is 5.02 Å². The smallest absolute Gasteiger partial charge is 0.329 e. The Kier molecular flexibility index (Phi) is 4.42. The molecule has 1 saturated heterocycles. The second kappa shape index (κ2) is 5.93. The van der Waals surface area contributed by atoms with Crippen LogP contribution in [-0.4, -0.2) is 39.1 Å². The van der Waals surface area contributed by atoms with E-state index in [1.807, 2.05) is 6.92 Å². The minimum absolute atomic E-state index is 0.0801. The third-order valence-corrected chi connectivity index (χ3v) is 4.29. The Morgan fingerprint density at radius 3 is 2.71 bits per heavy atom. The SMILES string of the molecule is CCCC1(C(=O)O)CCCN1C(=O)c1ccc(O)c(Cl)c1. The normalized spacial score (nSPS) is 21.5. The molecule has 0 saturated carbocycles. The number of carboxylic acid groups (broad SMARTS) is 1. The summed E-state index contributed by atoms with van der Waals surface area (Å²) in [5, 5.41) is 19.1. The van der Waals surface area contributed by atoms with E-state index in [1.54, 1.807) is 0 Å². The molecule has 1 aromatic carbocycles. The molecule has 1 amide bonds. The van der Waals surface area contributed by atoms with Gasteiger partial charge in [0.25, 0.3) is 5.91 Å². The number of aliphatic carboxylic acids is 1. The molecule has 0 aromatic heterocycles. The van der Waals surface area contributed by atoms with Gasteiger partial charge in [-0.15, -0.1) is 0 Å². The number of carbonyl (C=O) groups excluding carboxylic acids is 1. The Balaban J connectivity index is 2.36. The maximum absolute atomic E-state index is 12.6. The van der Waals surface area contributed by atoms with Gasteiger partial charge in [0.15, 0.2) is 0 Å². The van der Waals surface area contributed by atoms with Gasteiger partial charge in [-0.3, -0.25) is 4.79 Å². The van der Waals surface area contributed by atoms with Crippen LogP contribution in [0.25, 0.3) is 0 Å². The molecule has 21 heavy (non-hydrogen) atoms. The summed E-state index contributed by atoms with van der Waals surface area (Å²) in [7, 11) is 0. The summed E-state index contributed by atoms with van der Waals surface area (Å²) in [5.41, 5.74) is -0.836. The number of benzene rings is 1. The number of amides is 1. The van der Waals surface area contributed by atoms with E-state index in [0.717, 1.165) is 0 Å². The number of aromatic hydroxyl groups is 1. The number of phenols is 1. The predicted octanol–water partition coefficient (Wildman–Crippen LogP) is 2.91. The number of halogens is 1. The fraction of sp³-hybridized carbons (Fsp3) is 0.467. The van der Waals surface area contributed by atoms with Gasteiger partial charge in [0, 0.05) is 12.1 Å². The van der Waals surface area contributed by atoms with Crippen LogP contribution in [0.3, 0.4) is 0 Å². The number of likely N-dealkylation sites (tertiary alicyclic amines) is 1. The van der Waals surface area contributed by atoms with Crippen LogP contribution in [0.15, 0.2) is 18.2 Å². The number of carbonyl (C=O) groups is 2. The summed E-state index contributed by atoms with van der Waals surface area (Å²) in [6.07, 6.45) is 2.25. The lowest BCUT2D eigenvalue weighted by atomic mass is 9.90. The molecule has 0 bridgehead atoms. The van der Waals surface area contributed by atoms with E-state index in [2.05, 4.69) is 0 Å². The molecule has 1 fully saturated rings. The van der Waals surface area contributed by atoms with E-state index in [4.69, 9.17) is 11.6 Å². The van der Waals surface area contributed by atoms with Crippen LogP contribution in [0.5, 0.6) is 5.75 Å². The van der Waals surface area contributed by atoms with Crippen molar-refractivity contribution in [1.29, 1.82) is 0 Å². The van der Waals surface area contributed by atoms with Crippen LogP contribution in [0.4, 0.5) is 0 Å². The van der Waals surface area contributed by atoms with E-state index in [9.17, 15) is 19.8 Å². The van der Waals surface area contributed by atoms with Gasteiger partial charge in [0.2, 0.25) is 0 Å². The first kappa shape index (κ1) is 15.6. The minimum Gasteiger partial charge on any atom is -0.506 e. The van der Waals surface area contributed by atoms with Crippen LogP contribution in [0.2, 0.25) is 5.02 Å². The van der Waals surface area contributed by atoms with Crippen LogP contribution < -0.4 is 0 Å². The molecule has 2 N–H and O–H groups in total. The number of hydrogen-bond donors (Lipinski definition) is 2. The first-order valence-electron chi connectivity index (χ1n) is 6.96. The second-order valence-electron chi connectivity index (χ2n) is 5.31. The Bertz CT molecular complexity index is 575. The lowest BCUT2D eigenvalue weighted by Gasteiger charge is -2.34. The van der Waals surface area contributed by atoms with Crippen LogP contribution in [0.1, 0.15) is 43.0 Å². The highest BCUT2D eigenvalue weighted by molar-refractivity contribution is 6.32. The molecule has 5 nitrogen and oxygen atoms in total. The third-order valence-electron chi connectivity index (χ3n) is 3.99. The Morgan fingerprint density at radius 2 is 2.14 bits per heavy atom. The second-order valence-corrected chi connectivity index (χ2v) is 5.72. The molecule has 1 aliphatic rings. The third kappa shape index (κ3) is 2.70. The quantitative estimate of drug-likeness (QED) is 0.896. The molecule has 1 atom stereocenters. The molecular formula is C15H18ClNO4. The van der Waals surface area contributed by atoms with Crippen molar-refractivity contribution in [2.75, 3.05) is 6.54 Å². The lowest BCUT2D eigenvalue weighted by molar-refractivity contribution is -0.148. The molecule has 1 aromatic rings. The number of hydrogen-bond acceptors (Lipinski definition) is 3. The van der Waals surface area contributed by atoms with Gasteiger partial charge in [0.1, 0.15) is 11.3 Å². The molecule has 1 heterocycles. The average molecular weight is 312 g/mol. The van der Waals surface area contributed by atoms with Gasteiger partial charge in [-0.05, 0) is 37.5 Å². The summed E-state index contributed by atoms with van der Waals surface area (Å²) in [4.78, 5) is 25.8. The first-order valence-corrected chi connectivity index (χ1v) is 7.34. The zero-order valence-electron chi connectivity index (χ0n) is 11.8. The van der Waals surface area contributed by atoms with Gasteiger partial charge in [-0.25, -0.2) is 4.79 Å². The van der Waals surface area contributed by atoms with Crippen molar-refractivity contribution in [3.63, 3.8) is 0 Å². The maximum atomic E-state index is 12.6. The van der Waals surface area contributed by atoms with Crippen molar-refractivity contribution in [3.05, 3.63) is 28.8 Å². The van der Waals surface area contributed by atoms with E-state index >= 15 is 0 Å². The number of rotatable bonds is 4. The zero-order valence-corrected chi connectivity index (χ0v) is 12.6. The molecule has 114 valence electrons. The summed E-state index contributed by atoms with van der Waals surface area (Å²) in [5.74, 6) is -1.42. The van der Waals surface area contributed by atoms with Crippen molar-refractivity contribution in [3.8, 4) is 5.75 Å². The fourth-order valence-corrected chi connectivity index (χ4v) is 3.15. The van der Waals surface area contributed by atoms with Gasteiger partial charge < -0.3 is 15.1 Å². The maximum Gasteiger partial charge on any atom is 0.329 e. The monoisotopic (exact) mass is 311 g/mol. The highest BCUT2D eigenvalue weighted by atomic mass is 35.5. The van der Waals surface area contributed by atoms with Gasteiger partial charge in [-0.2, -0.15) is 0 Å². The van der Waals surface area contributed by atoms with Crippen molar-refractivity contribution >= 4 is 23.5 Å².